The maximum absolute atomic E-state index is 12.4. The molecule has 0 spiro atoms. The van der Waals surface area contributed by atoms with Crippen LogP contribution in [0.5, 0.6) is 5.75 Å². The van der Waals surface area contributed by atoms with Crippen molar-refractivity contribution >= 4 is 0 Å². The fourth-order valence-electron chi connectivity index (χ4n) is 2.61. The first-order valence-electron chi connectivity index (χ1n) is 7.86. The summed E-state index contributed by atoms with van der Waals surface area (Å²) in [5, 5.41) is 7.85. The molecular formula is C17H22F3N3O2. The average molecular weight is 357 g/mol. The van der Waals surface area contributed by atoms with Crippen LogP contribution < -0.4 is 4.74 Å². The Bertz CT molecular complexity index is 705. The van der Waals surface area contributed by atoms with Gasteiger partial charge in [0.25, 0.3) is 0 Å². The van der Waals surface area contributed by atoms with Crippen LogP contribution in [0.3, 0.4) is 0 Å². The van der Waals surface area contributed by atoms with Crippen molar-refractivity contribution in [2.75, 3.05) is 13.7 Å². The molecular weight excluding hydrogens is 335 g/mol. The molecule has 2 rings (SSSR count). The molecule has 0 aliphatic heterocycles. The molecule has 1 aromatic heterocycles. The molecule has 0 bridgehead atoms. The van der Waals surface area contributed by atoms with Crippen LogP contribution >= 0.6 is 0 Å². The number of halogens is 3. The summed E-state index contributed by atoms with van der Waals surface area (Å²) in [5.74, 6) is 1.32. The molecule has 0 N–H and O–H groups in total. The van der Waals surface area contributed by atoms with Crippen LogP contribution in [0.1, 0.15) is 41.4 Å². The highest BCUT2D eigenvalue weighted by Crippen LogP contribution is 2.28. The van der Waals surface area contributed by atoms with Gasteiger partial charge in [-0.25, -0.2) is 0 Å². The second kappa shape index (κ2) is 7.43. The number of aromatic nitrogens is 2. The molecule has 0 saturated heterocycles. The Morgan fingerprint density at radius 1 is 1.16 bits per heavy atom. The molecule has 0 aliphatic carbocycles. The third-order valence-corrected chi connectivity index (χ3v) is 3.89. The topological polar surface area (TPSA) is 51.4 Å². The van der Waals surface area contributed by atoms with Gasteiger partial charge in [0.05, 0.1) is 6.04 Å². The van der Waals surface area contributed by atoms with E-state index in [9.17, 15) is 13.2 Å². The molecule has 25 heavy (non-hydrogen) atoms. The first-order chi connectivity index (χ1) is 11.6. The fourth-order valence-corrected chi connectivity index (χ4v) is 2.61. The highest BCUT2D eigenvalue weighted by Gasteiger charge is 2.29. The lowest BCUT2D eigenvalue weighted by Crippen LogP contribution is -2.22. The van der Waals surface area contributed by atoms with E-state index in [0.29, 0.717) is 29.5 Å². The van der Waals surface area contributed by atoms with Gasteiger partial charge in [0.1, 0.15) is 5.75 Å². The van der Waals surface area contributed by atoms with Crippen molar-refractivity contribution < 1.29 is 22.3 Å². The summed E-state index contributed by atoms with van der Waals surface area (Å²) in [6.45, 7) is 6.47. The molecule has 138 valence electrons. The minimum atomic E-state index is -4.35. The maximum atomic E-state index is 12.4. The molecule has 8 heteroatoms. The van der Waals surface area contributed by atoms with E-state index in [1.165, 1.54) is 0 Å². The molecule has 5 nitrogen and oxygen atoms in total. The van der Waals surface area contributed by atoms with Crippen LogP contribution in [0.2, 0.25) is 0 Å². The lowest BCUT2D eigenvalue weighted by Gasteiger charge is -2.23. The van der Waals surface area contributed by atoms with Crippen LogP contribution in [0.25, 0.3) is 0 Å². The molecule has 2 aromatic rings. The van der Waals surface area contributed by atoms with Crippen molar-refractivity contribution in [3.05, 3.63) is 40.6 Å². The van der Waals surface area contributed by atoms with Gasteiger partial charge < -0.3 is 9.15 Å². The van der Waals surface area contributed by atoms with E-state index < -0.39 is 12.8 Å². The van der Waals surface area contributed by atoms with E-state index in [2.05, 4.69) is 10.2 Å². The van der Waals surface area contributed by atoms with Gasteiger partial charge in [-0.1, -0.05) is 12.1 Å². The van der Waals surface area contributed by atoms with E-state index in [0.717, 1.165) is 5.56 Å². The van der Waals surface area contributed by atoms with Gasteiger partial charge in [-0.05, 0) is 44.5 Å². The third kappa shape index (κ3) is 5.19. The van der Waals surface area contributed by atoms with Gasteiger partial charge in [0.2, 0.25) is 11.8 Å². The standard InChI is InChI=1S/C17H22F3N3O2/c1-10-6-14(7-11(2)15(10)24-9-17(18,19)20)8-23(5)12(3)16-22-21-13(4)25-16/h6-7,12H,8-9H2,1-5H3. The van der Waals surface area contributed by atoms with Crippen LogP contribution in [-0.2, 0) is 6.54 Å². The molecule has 0 fully saturated rings. The second-order valence-electron chi connectivity index (χ2n) is 6.21. The predicted octanol–water partition coefficient (Wildman–Crippen LogP) is 4.13. The number of benzene rings is 1. The fraction of sp³-hybridized carbons (Fsp3) is 0.529. The SMILES string of the molecule is Cc1nnc(C(C)N(C)Cc2cc(C)c(OCC(F)(F)F)c(C)c2)o1. The zero-order valence-electron chi connectivity index (χ0n) is 14.9. The summed E-state index contributed by atoms with van der Waals surface area (Å²) in [4.78, 5) is 2.03. The van der Waals surface area contributed by atoms with Crippen LogP contribution in [0.15, 0.2) is 16.5 Å². The molecule has 1 unspecified atom stereocenters. The Balaban J connectivity index is 2.10. The van der Waals surface area contributed by atoms with Crippen molar-refractivity contribution in [3.8, 4) is 5.75 Å². The van der Waals surface area contributed by atoms with E-state index >= 15 is 0 Å². The highest BCUT2D eigenvalue weighted by molar-refractivity contribution is 5.43. The van der Waals surface area contributed by atoms with Gasteiger partial charge in [0, 0.05) is 13.5 Å². The lowest BCUT2D eigenvalue weighted by molar-refractivity contribution is -0.153. The molecule has 1 heterocycles. The van der Waals surface area contributed by atoms with Gasteiger partial charge >= 0.3 is 6.18 Å². The summed E-state index contributed by atoms with van der Waals surface area (Å²) in [5.41, 5.74) is 2.32. The normalized spacial score (nSPS) is 13.3. The predicted molar refractivity (Wildman–Crippen MR) is 86.4 cm³/mol. The Hall–Kier alpha value is -2.09. The van der Waals surface area contributed by atoms with Gasteiger partial charge in [-0.15, -0.1) is 10.2 Å². The minimum Gasteiger partial charge on any atom is -0.484 e. The highest BCUT2D eigenvalue weighted by atomic mass is 19.4. The van der Waals surface area contributed by atoms with Crippen molar-refractivity contribution in [1.82, 2.24) is 15.1 Å². The maximum Gasteiger partial charge on any atom is 0.422 e. The van der Waals surface area contributed by atoms with Crippen molar-refractivity contribution in [3.63, 3.8) is 0 Å². The van der Waals surface area contributed by atoms with Gasteiger partial charge in [-0.3, -0.25) is 4.90 Å². The number of hydrogen-bond donors (Lipinski definition) is 0. The third-order valence-electron chi connectivity index (χ3n) is 3.89. The van der Waals surface area contributed by atoms with E-state index in [4.69, 9.17) is 9.15 Å². The number of ether oxygens (including phenoxy) is 1. The summed E-state index contributed by atoms with van der Waals surface area (Å²) < 4.78 is 47.5. The molecule has 0 saturated carbocycles. The summed E-state index contributed by atoms with van der Waals surface area (Å²) in [6, 6.07) is 3.59. The average Bonchev–Trinajstić information content (AvgIpc) is 2.90. The molecule has 1 aromatic carbocycles. The summed E-state index contributed by atoms with van der Waals surface area (Å²) in [7, 11) is 1.92. The Kier molecular flexibility index (Phi) is 5.72. The summed E-state index contributed by atoms with van der Waals surface area (Å²) >= 11 is 0. The van der Waals surface area contributed by atoms with Crippen molar-refractivity contribution in [1.29, 1.82) is 0 Å². The smallest absolute Gasteiger partial charge is 0.422 e. The number of alkyl halides is 3. The van der Waals surface area contributed by atoms with Gasteiger partial charge in [0.15, 0.2) is 6.61 Å². The number of nitrogens with zero attached hydrogens (tertiary/aromatic N) is 3. The quantitative estimate of drug-likeness (QED) is 0.778. The first-order valence-corrected chi connectivity index (χ1v) is 7.86. The van der Waals surface area contributed by atoms with E-state index in [1.54, 1.807) is 20.8 Å². The molecule has 0 radical (unpaired) electrons. The summed E-state index contributed by atoms with van der Waals surface area (Å²) in [6.07, 6.45) is -4.35. The van der Waals surface area contributed by atoms with Crippen LogP contribution in [0, 0.1) is 20.8 Å². The molecule has 0 aliphatic rings. The number of hydrogen-bond acceptors (Lipinski definition) is 5. The molecule has 0 amide bonds. The van der Waals surface area contributed by atoms with Crippen LogP contribution in [0.4, 0.5) is 13.2 Å². The monoisotopic (exact) mass is 357 g/mol. The zero-order valence-corrected chi connectivity index (χ0v) is 14.9. The Morgan fingerprint density at radius 3 is 2.24 bits per heavy atom. The van der Waals surface area contributed by atoms with E-state index in [-0.39, 0.29) is 11.8 Å². The van der Waals surface area contributed by atoms with Crippen molar-refractivity contribution in [2.45, 2.75) is 46.5 Å². The number of rotatable bonds is 6. The largest absolute Gasteiger partial charge is 0.484 e. The zero-order chi connectivity index (χ0) is 18.8. The minimum absolute atomic E-state index is 0.0806. The first kappa shape index (κ1) is 19.2. The van der Waals surface area contributed by atoms with Gasteiger partial charge in [-0.2, -0.15) is 13.2 Å². The van der Waals surface area contributed by atoms with Crippen LogP contribution in [-0.4, -0.2) is 34.9 Å². The van der Waals surface area contributed by atoms with E-state index in [1.807, 2.05) is 31.0 Å². The number of aryl methyl sites for hydroxylation is 3. The Labute approximate surface area is 144 Å². The van der Waals surface area contributed by atoms with Crippen molar-refractivity contribution in [2.24, 2.45) is 0 Å². The molecule has 1 atom stereocenters. The lowest BCUT2D eigenvalue weighted by atomic mass is 10.0. The second-order valence-corrected chi connectivity index (χ2v) is 6.21. The Morgan fingerprint density at radius 2 is 1.76 bits per heavy atom.